The monoisotopic (exact) mass is 526 g/mol. The lowest BCUT2D eigenvalue weighted by Crippen LogP contribution is -2.58. The van der Waals surface area contributed by atoms with E-state index in [1.54, 1.807) is 0 Å². The standard InChI is InChI=1S/C20H34N10O7/c21-11(6-10-7-25-9-27-10)16(33)30-14(8-31)18(35)28-12(2-1-5-26-20(23)24)17(34)29-13(19(36)37)3-4-15(22)32/h7,9,11-14,31H,1-6,8,21H2,(H2,22,32)(H,25,27)(H,28,35)(H,29,34)(H,30,33)(H,36,37)(H4,23,24,26). The van der Waals surface area contributed by atoms with Crippen LogP contribution in [0.15, 0.2) is 17.5 Å². The fraction of sp³-hybridized carbons (Fsp3) is 0.550. The average Bonchev–Trinajstić information content (AvgIpc) is 3.33. The van der Waals surface area contributed by atoms with Crippen LogP contribution in [0.4, 0.5) is 0 Å². The number of amides is 4. The molecule has 17 nitrogen and oxygen atoms in total. The van der Waals surface area contributed by atoms with Crippen molar-refractivity contribution in [3.63, 3.8) is 0 Å². The van der Waals surface area contributed by atoms with Gasteiger partial charge in [0.2, 0.25) is 23.6 Å². The van der Waals surface area contributed by atoms with Crippen molar-refractivity contribution < 1.29 is 34.2 Å². The van der Waals surface area contributed by atoms with E-state index in [-0.39, 0.29) is 44.6 Å². The van der Waals surface area contributed by atoms with Gasteiger partial charge in [-0.1, -0.05) is 0 Å². The molecule has 0 aliphatic heterocycles. The van der Waals surface area contributed by atoms with Gasteiger partial charge < -0.3 is 54.1 Å². The van der Waals surface area contributed by atoms with Crippen molar-refractivity contribution in [2.45, 2.75) is 56.3 Å². The van der Waals surface area contributed by atoms with Crippen LogP contribution in [0.25, 0.3) is 0 Å². The minimum Gasteiger partial charge on any atom is -0.480 e. The Labute approximate surface area is 211 Å². The number of imidazole rings is 1. The second kappa shape index (κ2) is 15.7. The highest BCUT2D eigenvalue weighted by molar-refractivity contribution is 5.94. The van der Waals surface area contributed by atoms with Gasteiger partial charge in [-0.2, -0.15) is 0 Å². The second-order valence-corrected chi connectivity index (χ2v) is 8.05. The van der Waals surface area contributed by atoms with Crippen LogP contribution in [0.1, 0.15) is 31.4 Å². The van der Waals surface area contributed by atoms with Crippen molar-refractivity contribution in [1.29, 1.82) is 0 Å². The number of H-pyrrole nitrogens is 1. The number of rotatable bonds is 17. The average molecular weight is 527 g/mol. The Morgan fingerprint density at radius 1 is 0.973 bits per heavy atom. The van der Waals surface area contributed by atoms with E-state index in [0.717, 1.165) is 0 Å². The van der Waals surface area contributed by atoms with Crippen LogP contribution in [0, 0.1) is 0 Å². The number of carboxylic acids is 1. The lowest BCUT2D eigenvalue weighted by Gasteiger charge is -2.24. The van der Waals surface area contributed by atoms with Crippen LogP contribution in [-0.2, 0) is 30.4 Å². The number of hydrogen-bond acceptors (Lipinski definition) is 9. The lowest BCUT2D eigenvalue weighted by atomic mass is 10.1. The maximum atomic E-state index is 12.8. The molecule has 206 valence electrons. The number of guanidine groups is 1. The van der Waals surface area contributed by atoms with Crippen LogP contribution in [0.2, 0.25) is 0 Å². The first-order chi connectivity index (χ1) is 17.4. The highest BCUT2D eigenvalue weighted by Gasteiger charge is 2.30. The number of carboxylic acid groups (broad SMARTS) is 1. The summed E-state index contributed by atoms with van der Waals surface area (Å²) < 4.78 is 0. The second-order valence-electron chi connectivity index (χ2n) is 8.05. The Kier molecular flexibility index (Phi) is 13.0. The van der Waals surface area contributed by atoms with E-state index in [9.17, 15) is 34.2 Å². The van der Waals surface area contributed by atoms with Crippen molar-refractivity contribution in [2.24, 2.45) is 27.9 Å². The number of primary amides is 1. The smallest absolute Gasteiger partial charge is 0.326 e. The summed E-state index contributed by atoms with van der Waals surface area (Å²) in [5.74, 6) is -4.89. The number of carbonyl (C=O) groups is 5. The molecule has 4 amide bonds. The van der Waals surface area contributed by atoms with Crippen LogP contribution < -0.4 is 38.9 Å². The van der Waals surface area contributed by atoms with E-state index in [1.165, 1.54) is 12.5 Å². The highest BCUT2D eigenvalue weighted by Crippen LogP contribution is 2.04. The van der Waals surface area contributed by atoms with Gasteiger partial charge in [-0.15, -0.1) is 0 Å². The zero-order chi connectivity index (χ0) is 28.0. The molecular formula is C20H34N10O7. The number of aromatic nitrogens is 2. The summed E-state index contributed by atoms with van der Waals surface area (Å²) in [4.78, 5) is 70.9. The molecule has 0 spiro atoms. The van der Waals surface area contributed by atoms with E-state index in [2.05, 4.69) is 30.9 Å². The van der Waals surface area contributed by atoms with Crippen molar-refractivity contribution in [1.82, 2.24) is 25.9 Å². The molecule has 0 aliphatic rings. The molecule has 0 radical (unpaired) electrons. The van der Waals surface area contributed by atoms with Crippen molar-refractivity contribution in [2.75, 3.05) is 13.2 Å². The summed E-state index contributed by atoms with van der Waals surface area (Å²) in [6, 6.07) is -5.27. The predicted molar refractivity (Wildman–Crippen MR) is 129 cm³/mol. The first-order valence-electron chi connectivity index (χ1n) is 11.3. The van der Waals surface area contributed by atoms with E-state index >= 15 is 0 Å². The van der Waals surface area contributed by atoms with Gasteiger partial charge in [0.25, 0.3) is 0 Å². The first-order valence-corrected chi connectivity index (χ1v) is 11.3. The van der Waals surface area contributed by atoms with E-state index in [4.69, 9.17) is 22.9 Å². The summed E-state index contributed by atoms with van der Waals surface area (Å²) in [6.07, 6.45) is 2.59. The maximum absolute atomic E-state index is 12.8. The SMILES string of the molecule is NC(=O)CCC(NC(=O)C(CCCN=C(N)N)NC(=O)C(CO)NC(=O)C(N)Cc1cnc[nH]1)C(=O)O. The number of aliphatic imine (C=N–C) groups is 1. The molecular weight excluding hydrogens is 492 g/mol. The van der Waals surface area contributed by atoms with E-state index in [0.29, 0.717) is 5.69 Å². The quantitative estimate of drug-likeness (QED) is 0.0521. The van der Waals surface area contributed by atoms with Gasteiger partial charge in [-0.3, -0.25) is 24.2 Å². The molecule has 0 saturated carbocycles. The number of aliphatic carboxylic acids is 1. The molecule has 4 unspecified atom stereocenters. The van der Waals surface area contributed by atoms with E-state index in [1.807, 2.05) is 0 Å². The van der Waals surface area contributed by atoms with Gasteiger partial charge in [-0.25, -0.2) is 9.78 Å². The number of nitrogens with zero attached hydrogens (tertiary/aromatic N) is 2. The Morgan fingerprint density at radius 3 is 2.14 bits per heavy atom. The maximum Gasteiger partial charge on any atom is 0.326 e. The Balaban J connectivity index is 2.89. The topological polar surface area (TPSA) is 307 Å². The normalized spacial score (nSPS) is 13.9. The van der Waals surface area contributed by atoms with Crippen molar-refractivity contribution >= 4 is 35.6 Å². The third-order valence-electron chi connectivity index (χ3n) is 5.02. The Hall–Kier alpha value is -4.25. The molecule has 0 aromatic carbocycles. The third-order valence-corrected chi connectivity index (χ3v) is 5.02. The van der Waals surface area contributed by atoms with Crippen molar-refractivity contribution in [3.8, 4) is 0 Å². The first kappa shape index (κ1) is 30.8. The van der Waals surface area contributed by atoms with Gasteiger partial charge in [0.15, 0.2) is 5.96 Å². The zero-order valence-corrected chi connectivity index (χ0v) is 20.1. The van der Waals surface area contributed by atoms with Gasteiger partial charge >= 0.3 is 5.97 Å². The lowest BCUT2D eigenvalue weighted by molar-refractivity contribution is -0.142. The van der Waals surface area contributed by atoms with Gasteiger partial charge in [-0.05, 0) is 19.3 Å². The minimum atomic E-state index is -1.46. The molecule has 0 aliphatic carbocycles. The van der Waals surface area contributed by atoms with Crippen LogP contribution in [0.5, 0.6) is 0 Å². The molecule has 0 bridgehead atoms. The molecule has 0 fully saturated rings. The van der Waals surface area contributed by atoms with Gasteiger partial charge in [0, 0.05) is 31.3 Å². The summed E-state index contributed by atoms with van der Waals surface area (Å²) in [5.41, 5.74) is 22.0. The fourth-order valence-electron chi connectivity index (χ4n) is 3.06. The third kappa shape index (κ3) is 11.8. The summed E-state index contributed by atoms with van der Waals surface area (Å²) in [7, 11) is 0. The molecule has 14 N–H and O–H groups in total. The number of aliphatic hydroxyl groups is 1. The highest BCUT2D eigenvalue weighted by atomic mass is 16.4. The zero-order valence-electron chi connectivity index (χ0n) is 20.1. The van der Waals surface area contributed by atoms with Crippen LogP contribution in [0.3, 0.4) is 0 Å². The fourth-order valence-corrected chi connectivity index (χ4v) is 3.06. The van der Waals surface area contributed by atoms with E-state index < -0.39 is 60.4 Å². The minimum absolute atomic E-state index is 0.0258. The number of hydrogen-bond donors (Lipinski definition) is 10. The predicted octanol–water partition coefficient (Wildman–Crippen LogP) is -4.87. The molecule has 1 aromatic rings. The Bertz CT molecular complexity index is 949. The number of carbonyl (C=O) groups excluding carboxylic acids is 4. The molecule has 1 rings (SSSR count). The summed E-state index contributed by atoms with van der Waals surface area (Å²) in [5, 5.41) is 25.9. The Morgan fingerprint density at radius 2 is 1.59 bits per heavy atom. The number of nitrogens with two attached hydrogens (primary N) is 4. The molecule has 17 heteroatoms. The van der Waals surface area contributed by atoms with Gasteiger partial charge in [0.05, 0.1) is 19.0 Å². The van der Waals surface area contributed by atoms with Gasteiger partial charge in [0.1, 0.15) is 18.1 Å². The summed E-state index contributed by atoms with van der Waals surface area (Å²) in [6.45, 7) is -0.707. The molecule has 1 aromatic heterocycles. The van der Waals surface area contributed by atoms with Crippen LogP contribution in [-0.4, -0.2) is 93.1 Å². The molecule has 4 atom stereocenters. The largest absolute Gasteiger partial charge is 0.480 e. The van der Waals surface area contributed by atoms with Crippen LogP contribution >= 0.6 is 0 Å². The molecule has 37 heavy (non-hydrogen) atoms. The number of aromatic amines is 1. The van der Waals surface area contributed by atoms with Crippen molar-refractivity contribution in [3.05, 3.63) is 18.2 Å². The number of nitrogens with one attached hydrogen (secondary N) is 4. The number of aliphatic hydroxyl groups excluding tert-OH is 1. The molecule has 0 saturated heterocycles. The molecule has 1 heterocycles. The summed E-state index contributed by atoms with van der Waals surface area (Å²) >= 11 is 0.